The van der Waals surface area contributed by atoms with Crippen molar-refractivity contribution >= 4 is 43.4 Å². The minimum Gasteiger partial charge on any atom is -0.152 e. The Morgan fingerprint density at radius 3 is 1.21 bits per heavy atom. The van der Waals surface area contributed by atoms with Gasteiger partial charge in [-0.05, 0) is 33.7 Å². The largest absolute Gasteiger partial charge is 0.152 e. The number of benzene rings is 1. The Hall–Kier alpha value is -1.42. The van der Waals surface area contributed by atoms with E-state index in [1.807, 2.05) is 59.3 Å². The van der Waals surface area contributed by atoms with Gasteiger partial charge in [0.15, 0.2) is 0 Å². The Bertz CT molecular complexity index is 538. The summed E-state index contributed by atoms with van der Waals surface area (Å²) in [6, 6.07) is 20.4. The lowest BCUT2D eigenvalue weighted by Crippen LogP contribution is -1.47. The molecule has 0 unspecified atom stereocenters. The molecule has 0 fully saturated rings. The van der Waals surface area contributed by atoms with Crippen molar-refractivity contribution in [1.82, 2.24) is 0 Å². The fourth-order valence-electron chi connectivity index (χ4n) is 1.31. The van der Waals surface area contributed by atoms with Crippen molar-refractivity contribution < 1.29 is 0 Å². The fourth-order valence-corrected chi connectivity index (χ4v) is 3.59. The summed E-state index contributed by atoms with van der Waals surface area (Å²) >= 11 is 5.32. The van der Waals surface area contributed by atoms with Crippen molar-refractivity contribution in [2.75, 3.05) is 0 Å². The Labute approximate surface area is 125 Å². The third-order valence-corrected chi connectivity index (χ3v) is 4.69. The summed E-state index contributed by atoms with van der Waals surface area (Å²) in [5.74, 6) is 0. The Morgan fingerprint density at radius 2 is 0.895 bits per heavy atom. The van der Waals surface area contributed by atoms with Gasteiger partial charge >= 0.3 is 0 Å². The second-order valence-electron chi connectivity index (χ2n) is 3.52. The number of rotatable bonds is 0. The average molecular weight is 302 g/mol. The molecule has 4 aromatic rings. The highest BCUT2D eigenvalue weighted by atomic mass is 32.1. The van der Waals surface area contributed by atoms with Gasteiger partial charge in [0.05, 0.1) is 0 Å². The predicted molar refractivity (Wildman–Crippen MR) is 90.5 cm³/mol. The van der Waals surface area contributed by atoms with Crippen LogP contribution < -0.4 is 0 Å². The number of hydrogen-bond donors (Lipinski definition) is 0. The zero-order valence-corrected chi connectivity index (χ0v) is 12.8. The van der Waals surface area contributed by atoms with Gasteiger partial charge < -0.3 is 0 Å². The van der Waals surface area contributed by atoms with Crippen LogP contribution in [-0.4, -0.2) is 0 Å². The molecular formula is C16H14S3. The number of thiophene rings is 3. The van der Waals surface area contributed by atoms with Crippen LogP contribution in [-0.2, 0) is 0 Å². The highest BCUT2D eigenvalue weighted by Crippen LogP contribution is 2.25. The molecule has 3 heteroatoms. The van der Waals surface area contributed by atoms with Crippen molar-refractivity contribution in [3.05, 3.63) is 82.2 Å². The van der Waals surface area contributed by atoms with Gasteiger partial charge in [-0.2, -0.15) is 11.3 Å². The first kappa shape index (κ1) is 14.0. The van der Waals surface area contributed by atoms with Crippen LogP contribution in [0.5, 0.6) is 0 Å². The van der Waals surface area contributed by atoms with E-state index in [0.717, 1.165) is 0 Å². The number of hydrogen-bond acceptors (Lipinski definition) is 3. The third kappa shape index (κ3) is 5.39. The molecule has 0 amide bonds. The SMILES string of the molecule is c1cc2sccc2s1.c1ccccc1.c1ccsc1. The molecule has 0 aliphatic carbocycles. The smallest absolute Gasteiger partial charge is 0.0450 e. The molecule has 0 radical (unpaired) electrons. The molecule has 3 aromatic heterocycles. The van der Waals surface area contributed by atoms with Crippen LogP contribution in [0.25, 0.3) is 9.40 Å². The maximum Gasteiger partial charge on any atom is 0.0450 e. The van der Waals surface area contributed by atoms with E-state index in [1.165, 1.54) is 9.40 Å². The average Bonchev–Trinajstić information content (AvgIpc) is 3.21. The van der Waals surface area contributed by atoms with Gasteiger partial charge in [0, 0.05) is 9.40 Å². The van der Waals surface area contributed by atoms with Gasteiger partial charge in [0.25, 0.3) is 0 Å². The molecule has 96 valence electrons. The molecule has 3 heterocycles. The summed E-state index contributed by atoms with van der Waals surface area (Å²) in [6.45, 7) is 0. The van der Waals surface area contributed by atoms with Gasteiger partial charge in [-0.1, -0.05) is 48.5 Å². The van der Waals surface area contributed by atoms with Crippen molar-refractivity contribution in [3.8, 4) is 0 Å². The maximum absolute atomic E-state index is 2.16. The van der Waals surface area contributed by atoms with Crippen molar-refractivity contribution in [2.45, 2.75) is 0 Å². The van der Waals surface area contributed by atoms with Crippen LogP contribution in [0.4, 0.5) is 0 Å². The normalized spacial score (nSPS) is 9.05. The summed E-state index contributed by atoms with van der Waals surface area (Å²) in [4.78, 5) is 0. The van der Waals surface area contributed by atoms with Gasteiger partial charge in [0.2, 0.25) is 0 Å². The van der Waals surface area contributed by atoms with Gasteiger partial charge in [-0.15, -0.1) is 22.7 Å². The minimum atomic E-state index is 1.41. The standard InChI is InChI=1S/C6H4S2.C6H6.C4H4S/c1-3-7-6-2-4-8-5(1)6;1-2-4-6-5-3-1;1-2-4-5-3-1/h1-4H;1-6H;1-4H. The molecule has 0 nitrogen and oxygen atoms in total. The zero-order valence-electron chi connectivity index (χ0n) is 10.3. The van der Waals surface area contributed by atoms with Crippen LogP contribution in [0.1, 0.15) is 0 Å². The maximum atomic E-state index is 2.16. The third-order valence-electron chi connectivity index (χ3n) is 2.16. The van der Waals surface area contributed by atoms with Crippen LogP contribution >= 0.6 is 34.0 Å². The first-order chi connectivity index (χ1) is 9.47. The monoisotopic (exact) mass is 302 g/mol. The summed E-state index contributed by atoms with van der Waals surface area (Å²) in [5.41, 5.74) is 0. The Morgan fingerprint density at radius 1 is 0.474 bits per heavy atom. The van der Waals surface area contributed by atoms with Gasteiger partial charge in [-0.25, -0.2) is 0 Å². The first-order valence-electron chi connectivity index (χ1n) is 5.85. The molecule has 19 heavy (non-hydrogen) atoms. The summed E-state index contributed by atoms with van der Waals surface area (Å²) in [5, 5.41) is 8.34. The Kier molecular flexibility index (Phi) is 6.37. The van der Waals surface area contributed by atoms with E-state index in [4.69, 9.17) is 0 Å². The first-order valence-corrected chi connectivity index (χ1v) is 8.55. The van der Waals surface area contributed by atoms with E-state index in [2.05, 4.69) is 22.9 Å². The number of fused-ring (bicyclic) bond motifs is 1. The van der Waals surface area contributed by atoms with Crippen LogP contribution in [0.3, 0.4) is 0 Å². The van der Waals surface area contributed by atoms with E-state index < -0.39 is 0 Å². The molecule has 1 aromatic carbocycles. The lowest BCUT2D eigenvalue weighted by Gasteiger charge is -1.69. The second-order valence-corrected chi connectivity index (χ2v) is 6.23. The highest BCUT2D eigenvalue weighted by Gasteiger charge is 1.90. The molecule has 0 N–H and O–H groups in total. The van der Waals surface area contributed by atoms with Crippen LogP contribution in [0.15, 0.2) is 82.2 Å². The van der Waals surface area contributed by atoms with E-state index >= 15 is 0 Å². The van der Waals surface area contributed by atoms with E-state index in [-0.39, 0.29) is 0 Å². The van der Waals surface area contributed by atoms with Gasteiger partial charge in [0.1, 0.15) is 0 Å². The molecule has 0 atom stereocenters. The second kappa shape index (κ2) is 8.64. The summed E-state index contributed by atoms with van der Waals surface area (Å²) < 4.78 is 2.82. The fraction of sp³-hybridized carbons (Fsp3) is 0. The zero-order chi connectivity index (χ0) is 13.2. The van der Waals surface area contributed by atoms with Crippen LogP contribution in [0.2, 0.25) is 0 Å². The molecule has 0 aliphatic rings. The van der Waals surface area contributed by atoms with Crippen molar-refractivity contribution in [1.29, 1.82) is 0 Å². The molecule has 4 rings (SSSR count). The summed E-state index contributed by atoms with van der Waals surface area (Å²) in [6.07, 6.45) is 0. The Balaban J connectivity index is 0.000000109. The van der Waals surface area contributed by atoms with E-state index in [1.54, 1.807) is 34.0 Å². The van der Waals surface area contributed by atoms with Crippen molar-refractivity contribution in [3.63, 3.8) is 0 Å². The van der Waals surface area contributed by atoms with Crippen molar-refractivity contribution in [2.24, 2.45) is 0 Å². The highest BCUT2D eigenvalue weighted by molar-refractivity contribution is 7.25. The minimum absolute atomic E-state index is 1.41. The lowest BCUT2D eigenvalue weighted by atomic mass is 10.4. The molecular weight excluding hydrogens is 288 g/mol. The quantitative estimate of drug-likeness (QED) is 0.352. The van der Waals surface area contributed by atoms with E-state index in [0.29, 0.717) is 0 Å². The molecule has 0 spiro atoms. The molecule has 0 aliphatic heterocycles. The molecule has 0 saturated heterocycles. The van der Waals surface area contributed by atoms with Gasteiger partial charge in [-0.3, -0.25) is 0 Å². The van der Waals surface area contributed by atoms with E-state index in [9.17, 15) is 0 Å². The molecule has 0 saturated carbocycles. The lowest BCUT2D eigenvalue weighted by molar-refractivity contribution is 1.72. The van der Waals surface area contributed by atoms with Crippen LogP contribution in [0, 0.1) is 0 Å². The summed E-state index contributed by atoms with van der Waals surface area (Å²) in [7, 11) is 0. The topological polar surface area (TPSA) is 0 Å². The molecule has 0 bridgehead atoms. The predicted octanol–water partition coefficient (Wildman–Crippen LogP) is 6.40.